The van der Waals surface area contributed by atoms with Crippen LogP contribution in [0, 0.1) is 5.92 Å². The molecule has 2 saturated heterocycles. The number of hydrogen-bond acceptors (Lipinski definition) is 3. The van der Waals surface area contributed by atoms with Gasteiger partial charge in [-0.1, -0.05) is 0 Å². The number of nitrogens with zero attached hydrogens (tertiary/aromatic N) is 1. The van der Waals surface area contributed by atoms with Crippen LogP contribution in [0.2, 0.25) is 0 Å². The smallest absolute Gasteiger partial charge is 0.0521 e. The molecule has 0 aromatic rings. The van der Waals surface area contributed by atoms with E-state index >= 15 is 0 Å². The standard InChI is InChI=1S/C11H22N2O/c1-12-11-4-7-14-9-10(11)8-13-5-2-3-6-13/h10-12H,2-9H2,1H3. The third kappa shape index (κ3) is 2.47. The Hall–Kier alpha value is -0.120. The van der Waals surface area contributed by atoms with Gasteiger partial charge in [0.2, 0.25) is 0 Å². The van der Waals surface area contributed by atoms with Gasteiger partial charge in [-0.3, -0.25) is 0 Å². The predicted molar refractivity (Wildman–Crippen MR) is 57.4 cm³/mol. The highest BCUT2D eigenvalue weighted by molar-refractivity contribution is 4.82. The number of likely N-dealkylation sites (tertiary alicyclic amines) is 1. The van der Waals surface area contributed by atoms with Crippen molar-refractivity contribution in [3.63, 3.8) is 0 Å². The lowest BCUT2D eigenvalue weighted by molar-refractivity contribution is 0.0214. The molecule has 0 bridgehead atoms. The lowest BCUT2D eigenvalue weighted by atomic mass is 9.95. The van der Waals surface area contributed by atoms with Crippen LogP contribution < -0.4 is 5.32 Å². The van der Waals surface area contributed by atoms with E-state index in [1.54, 1.807) is 0 Å². The number of hydrogen-bond donors (Lipinski definition) is 1. The van der Waals surface area contributed by atoms with Gasteiger partial charge in [-0.2, -0.15) is 0 Å². The van der Waals surface area contributed by atoms with E-state index in [4.69, 9.17) is 4.74 Å². The summed E-state index contributed by atoms with van der Waals surface area (Å²) in [6.45, 7) is 5.70. The van der Waals surface area contributed by atoms with Crippen LogP contribution in [0.5, 0.6) is 0 Å². The second-order valence-electron chi connectivity index (χ2n) is 4.53. The summed E-state index contributed by atoms with van der Waals surface area (Å²) in [4.78, 5) is 2.59. The average molecular weight is 198 g/mol. The first-order chi connectivity index (χ1) is 6.90. The summed E-state index contributed by atoms with van der Waals surface area (Å²) in [6.07, 6.45) is 3.95. The molecule has 82 valence electrons. The summed E-state index contributed by atoms with van der Waals surface area (Å²) in [6, 6.07) is 0.671. The van der Waals surface area contributed by atoms with E-state index < -0.39 is 0 Å². The Morgan fingerprint density at radius 1 is 1.36 bits per heavy atom. The topological polar surface area (TPSA) is 24.5 Å². The normalized spacial score (nSPS) is 34.9. The molecular weight excluding hydrogens is 176 g/mol. The van der Waals surface area contributed by atoms with E-state index in [-0.39, 0.29) is 0 Å². The molecule has 0 radical (unpaired) electrons. The molecule has 0 aromatic heterocycles. The highest BCUT2D eigenvalue weighted by Crippen LogP contribution is 2.18. The molecule has 1 N–H and O–H groups in total. The highest BCUT2D eigenvalue weighted by atomic mass is 16.5. The molecular formula is C11H22N2O. The van der Waals surface area contributed by atoms with Crippen LogP contribution in [0.15, 0.2) is 0 Å². The van der Waals surface area contributed by atoms with Gasteiger partial charge in [0.1, 0.15) is 0 Å². The van der Waals surface area contributed by atoms with Gasteiger partial charge in [-0.15, -0.1) is 0 Å². The zero-order valence-corrected chi connectivity index (χ0v) is 9.17. The van der Waals surface area contributed by atoms with Gasteiger partial charge < -0.3 is 15.0 Å². The second kappa shape index (κ2) is 5.10. The zero-order chi connectivity index (χ0) is 9.80. The molecule has 0 amide bonds. The second-order valence-corrected chi connectivity index (χ2v) is 4.53. The molecule has 0 aromatic carbocycles. The van der Waals surface area contributed by atoms with Crippen molar-refractivity contribution in [2.45, 2.75) is 25.3 Å². The van der Waals surface area contributed by atoms with Crippen molar-refractivity contribution in [3.05, 3.63) is 0 Å². The van der Waals surface area contributed by atoms with Crippen molar-refractivity contribution in [2.75, 3.05) is 39.9 Å². The van der Waals surface area contributed by atoms with E-state index in [9.17, 15) is 0 Å². The van der Waals surface area contributed by atoms with Crippen LogP contribution in [0.25, 0.3) is 0 Å². The summed E-state index contributed by atoms with van der Waals surface area (Å²) >= 11 is 0. The number of nitrogens with one attached hydrogen (secondary N) is 1. The molecule has 3 nitrogen and oxygen atoms in total. The number of rotatable bonds is 3. The Bertz CT molecular complexity index is 169. The quantitative estimate of drug-likeness (QED) is 0.723. The first kappa shape index (κ1) is 10.4. The molecule has 2 heterocycles. The molecule has 0 aliphatic carbocycles. The Balaban J connectivity index is 1.81. The molecule has 3 heteroatoms. The third-order valence-electron chi connectivity index (χ3n) is 3.54. The van der Waals surface area contributed by atoms with E-state index in [1.807, 2.05) is 0 Å². The lowest BCUT2D eigenvalue weighted by Crippen LogP contribution is -2.46. The maximum Gasteiger partial charge on any atom is 0.0521 e. The molecule has 2 fully saturated rings. The fourth-order valence-corrected chi connectivity index (χ4v) is 2.65. The van der Waals surface area contributed by atoms with E-state index in [2.05, 4.69) is 17.3 Å². The minimum atomic E-state index is 0.671. The van der Waals surface area contributed by atoms with Gasteiger partial charge in [-0.05, 0) is 39.4 Å². The van der Waals surface area contributed by atoms with Crippen LogP contribution in [0.4, 0.5) is 0 Å². The Kier molecular flexibility index (Phi) is 3.79. The molecule has 2 unspecified atom stereocenters. The van der Waals surface area contributed by atoms with Crippen molar-refractivity contribution in [1.82, 2.24) is 10.2 Å². The van der Waals surface area contributed by atoms with Gasteiger partial charge in [0.15, 0.2) is 0 Å². The molecule has 0 saturated carbocycles. The lowest BCUT2D eigenvalue weighted by Gasteiger charge is -2.33. The van der Waals surface area contributed by atoms with Crippen LogP contribution in [-0.4, -0.2) is 50.8 Å². The fraction of sp³-hybridized carbons (Fsp3) is 1.00. The van der Waals surface area contributed by atoms with Gasteiger partial charge >= 0.3 is 0 Å². The summed E-state index contributed by atoms with van der Waals surface area (Å²) in [5.41, 5.74) is 0. The van der Waals surface area contributed by atoms with E-state index in [0.29, 0.717) is 12.0 Å². The van der Waals surface area contributed by atoms with Crippen LogP contribution >= 0.6 is 0 Å². The van der Waals surface area contributed by atoms with E-state index in [1.165, 1.54) is 38.9 Å². The monoisotopic (exact) mass is 198 g/mol. The first-order valence-corrected chi connectivity index (χ1v) is 5.87. The SMILES string of the molecule is CNC1CCOCC1CN1CCCC1. The number of ether oxygens (including phenoxy) is 1. The summed E-state index contributed by atoms with van der Waals surface area (Å²) in [5, 5.41) is 3.42. The summed E-state index contributed by atoms with van der Waals surface area (Å²) in [7, 11) is 2.08. The van der Waals surface area contributed by atoms with Gasteiger partial charge in [-0.25, -0.2) is 0 Å². The summed E-state index contributed by atoms with van der Waals surface area (Å²) < 4.78 is 5.56. The molecule has 14 heavy (non-hydrogen) atoms. The van der Waals surface area contributed by atoms with Gasteiger partial charge in [0.25, 0.3) is 0 Å². The Morgan fingerprint density at radius 2 is 2.14 bits per heavy atom. The van der Waals surface area contributed by atoms with Crippen molar-refractivity contribution in [3.8, 4) is 0 Å². The molecule has 2 rings (SSSR count). The highest BCUT2D eigenvalue weighted by Gasteiger charge is 2.27. The van der Waals surface area contributed by atoms with Crippen molar-refractivity contribution >= 4 is 0 Å². The average Bonchev–Trinajstić information content (AvgIpc) is 2.71. The van der Waals surface area contributed by atoms with Crippen LogP contribution in [0.3, 0.4) is 0 Å². The van der Waals surface area contributed by atoms with Gasteiger partial charge in [0.05, 0.1) is 6.61 Å². The van der Waals surface area contributed by atoms with E-state index in [0.717, 1.165) is 13.2 Å². The maximum absolute atomic E-state index is 5.56. The Morgan fingerprint density at radius 3 is 2.86 bits per heavy atom. The third-order valence-corrected chi connectivity index (χ3v) is 3.54. The minimum absolute atomic E-state index is 0.671. The minimum Gasteiger partial charge on any atom is -0.381 e. The zero-order valence-electron chi connectivity index (χ0n) is 9.17. The van der Waals surface area contributed by atoms with Crippen LogP contribution in [-0.2, 0) is 4.74 Å². The predicted octanol–water partition coefficient (Wildman–Crippen LogP) is 0.707. The Labute approximate surface area is 86.8 Å². The summed E-state index contributed by atoms with van der Waals surface area (Å²) in [5.74, 6) is 0.701. The van der Waals surface area contributed by atoms with Crippen molar-refractivity contribution in [1.29, 1.82) is 0 Å². The molecule has 2 atom stereocenters. The van der Waals surface area contributed by atoms with Crippen LogP contribution in [0.1, 0.15) is 19.3 Å². The van der Waals surface area contributed by atoms with Crippen molar-refractivity contribution < 1.29 is 4.74 Å². The fourth-order valence-electron chi connectivity index (χ4n) is 2.65. The van der Waals surface area contributed by atoms with Crippen molar-refractivity contribution in [2.24, 2.45) is 5.92 Å². The molecule has 2 aliphatic rings. The van der Waals surface area contributed by atoms with Gasteiger partial charge in [0, 0.05) is 25.1 Å². The maximum atomic E-state index is 5.56. The first-order valence-electron chi connectivity index (χ1n) is 5.87. The molecule has 2 aliphatic heterocycles. The molecule has 0 spiro atoms. The largest absolute Gasteiger partial charge is 0.381 e.